The molecule has 1 amide bonds. The predicted octanol–water partition coefficient (Wildman–Crippen LogP) is 3.34. The summed E-state index contributed by atoms with van der Waals surface area (Å²) in [6, 6.07) is 14.8. The van der Waals surface area contributed by atoms with Crippen LogP contribution in [0.3, 0.4) is 0 Å². The van der Waals surface area contributed by atoms with Crippen molar-refractivity contribution in [2.45, 2.75) is 38.5 Å². The summed E-state index contributed by atoms with van der Waals surface area (Å²) in [5, 5.41) is 7.72. The van der Waals surface area contributed by atoms with E-state index in [1.165, 1.54) is 6.07 Å². The van der Waals surface area contributed by atoms with Crippen LogP contribution in [0.4, 0.5) is 4.39 Å². The summed E-state index contributed by atoms with van der Waals surface area (Å²) >= 11 is 0. The van der Waals surface area contributed by atoms with E-state index in [0.29, 0.717) is 23.9 Å². The molecule has 5 rings (SSSR count). The van der Waals surface area contributed by atoms with Gasteiger partial charge in [-0.05, 0) is 49.7 Å². The van der Waals surface area contributed by atoms with Gasteiger partial charge in [-0.1, -0.05) is 24.3 Å². The second-order valence-corrected chi connectivity index (χ2v) is 8.36. The van der Waals surface area contributed by atoms with Crippen molar-refractivity contribution in [2.24, 2.45) is 0 Å². The minimum absolute atomic E-state index is 0.00281. The van der Waals surface area contributed by atoms with Crippen molar-refractivity contribution in [3.8, 4) is 17.0 Å². The Morgan fingerprint density at radius 3 is 2.84 bits per heavy atom. The van der Waals surface area contributed by atoms with Crippen molar-refractivity contribution in [3.05, 3.63) is 71.2 Å². The first kappa shape index (κ1) is 19.8. The van der Waals surface area contributed by atoms with Crippen molar-refractivity contribution >= 4 is 5.91 Å². The maximum atomic E-state index is 14.7. The molecule has 0 bridgehead atoms. The maximum absolute atomic E-state index is 14.7. The van der Waals surface area contributed by atoms with Crippen molar-refractivity contribution in [1.29, 1.82) is 0 Å². The Labute approximate surface area is 180 Å². The molecule has 31 heavy (non-hydrogen) atoms. The molecule has 1 N–H and O–H groups in total. The van der Waals surface area contributed by atoms with Crippen LogP contribution in [0.5, 0.6) is 5.75 Å². The van der Waals surface area contributed by atoms with Gasteiger partial charge < -0.3 is 10.1 Å². The Hall–Kier alpha value is -3.19. The van der Waals surface area contributed by atoms with E-state index < -0.39 is 0 Å². The van der Waals surface area contributed by atoms with Crippen LogP contribution in [0.25, 0.3) is 11.3 Å². The van der Waals surface area contributed by atoms with Gasteiger partial charge in [0.1, 0.15) is 11.6 Å². The number of fused-ring (bicyclic) bond motifs is 1. The lowest BCUT2D eigenvalue weighted by atomic mass is 10.1. The molecule has 6 nitrogen and oxygen atoms in total. The molecule has 7 heteroatoms. The molecule has 3 aromatic rings. The van der Waals surface area contributed by atoms with Gasteiger partial charge in [0.15, 0.2) is 6.61 Å². The van der Waals surface area contributed by atoms with Crippen molar-refractivity contribution in [2.75, 3.05) is 13.7 Å². The number of aromatic nitrogens is 2. The monoisotopic (exact) mass is 420 g/mol. The lowest BCUT2D eigenvalue weighted by Gasteiger charge is -2.14. The zero-order valence-corrected chi connectivity index (χ0v) is 17.5. The highest BCUT2D eigenvalue weighted by Crippen LogP contribution is 2.34. The molecule has 2 aromatic carbocycles. The summed E-state index contributed by atoms with van der Waals surface area (Å²) in [4.78, 5) is 14.1. The molecule has 1 aromatic heterocycles. The smallest absolute Gasteiger partial charge is 0.258 e. The highest BCUT2D eigenvalue weighted by Gasteiger charge is 2.27. The predicted molar refractivity (Wildman–Crippen MR) is 115 cm³/mol. The average molecular weight is 420 g/mol. The normalized spacial score (nSPS) is 15.7. The molecule has 0 atom stereocenters. The molecule has 0 unspecified atom stereocenters. The summed E-state index contributed by atoms with van der Waals surface area (Å²) in [5.41, 5.74) is 4.44. The Bertz CT molecular complexity index is 1120. The van der Waals surface area contributed by atoms with Gasteiger partial charge in [-0.25, -0.2) is 4.39 Å². The number of benzene rings is 2. The van der Waals surface area contributed by atoms with Gasteiger partial charge in [-0.2, -0.15) is 5.10 Å². The lowest BCUT2D eigenvalue weighted by Crippen LogP contribution is -2.30. The van der Waals surface area contributed by atoms with E-state index in [1.54, 1.807) is 12.1 Å². The van der Waals surface area contributed by atoms with Gasteiger partial charge in [0, 0.05) is 30.3 Å². The number of hydrogen-bond donors (Lipinski definition) is 1. The Balaban J connectivity index is 1.38. The van der Waals surface area contributed by atoms with Crippen LogP contribution in [0.1, 0.15) is 29.7 Å². The summed E-state index contributed by atoms with van der Waals surface area (Å²) < 4.78 is 22.2. The molecule has 0 radical (unpaired) electrons. The van der Waals surface area contributed by atoms with Crippen LogP contribution in [-0.2, 0) is 24.4 Å². The van der Waals surface area contributed by atoms with Crippen LogP contribution < -0.4 is 10.1 Å². The number of nitrogens with one attached hydrogen (secondary N) is 1. The molecule has 0 spiro atoms. The van der Waals surface area contributed by atoms with Gasteiger partial charge in [-0.15, -0.1) is 0 Å². The minimum Gasteiger partial charge on any atom is -0.484 e. The van der Waals surface area contributed by atoms with Crippen LogP contribution in [0, 0.1) is 5.82 Å². The summed E-state index contributed by atoms with van der Waals surface area (Å²) in [6.45, 7) is 2.00. The SMILES string of the molecule is CN1Cc2nn(Cc3cccc(OCC(=O)NC4CC4)c3)c(-c3ccccc3F)c2C1. The summed E-state index contributed by atoms with van der Waals surface area (Å²) in [7, 11) is 2.04. The number of nitrogens with zero attached hydrogens (tertiary/aromatic N) is 3. The molecular formula is C24H25FN4O2. The number of carbonyl (C=O) groups excluding carboxylic acids is 1. The van der Waals surface area contributed by atoms with E-state index in [0.717, 1.165) is 48.4 Å². The van der Waals surface area contributed by atoms with Crippen LogP contribution >= 0.6 is 0 Å². The molecule has 160 valence electrons. The zero-order chi connectivity index (χ0) is 21.4. The third-order valence-electron chi connectivity index (χ3n) is 5.65. The van der Waals surface area contributed by atoms with Crippen molar-refractivity contribution in [3.63, 3.8) is 0 Å². The Morgan fingerprint density at radius 1 is 1.19 bits per heavy atom. The fourth-order valence-electron chi connectivity index (χ4n) is 4.04. The number of amides is 1. The maximum Gasteiger partial charge on any atom is 0.258 e. The Morgan fingerprint density at radius 2 is 2.03 bits per heavy atom. The average Bonchev–Trinajstić information content (AvgIpc) is 3.41. The number of halogens is 1. The van der Waals surface area contributed by atoms with E-state index >= 15 is 0 Å². The highest BCUT2D eigenvalue weighted by atomic mass is 19.1. The molecule has 1 aliphatic carbocycles. The van der Waals surface area contributed by atoms with Gasteiger partial charge in [0.05, 0.1) is 17.9 Å². The van der Waals surface area contributed by atoms with Crippen molar-refractivity contribution in [1.82, 2.24) is 20.0 Å². The van der Waals surface area contributed by atoms with Gasteiger partial charge >= 0.3 is 0 Å². The molecule has 1 saturated carbocycles. The van der Waals surface area contributed by atoms with E-state index in [9.17, 15) is 9.18 Å². The Kier molecular flexibility index (Phi) is 5.19. The molecular weight excluding hydrogens is 395 g/mol. The molecule has 0 saturated heterocycles. The molecule has 1 fully saturated rings. The largest absolute Gasteiger partial charge is 0.484 e. The topological polar surface area (TPSA) is 59.4 Å². The second kappa shape index (κ2) is 8.15. The minimum atomic E-state index is -0.250. The second-order valence-electron chi connectivity index (χ2n) is 8.36. The van der Waals surface area contributed by atoms with Gasteiger partial charge in [0.25, 0.3) is 5.91 Å². The van der Waals surface area contributed by atoms with E-state index in [-0.39, 0.29) is 18.3 Å². The third-order valence-corrected chi connectivity index (χ3v) is 5.65. The molecule has 2 aliphatic rings. The fraction of sp³-hybridized carbons (Fsp3) is 0.333. The first-order valence-electron chi connectivity index (χ1n) is 10.6. The summed E-state index contributed by atoms with van der Waals surface area (Å²) in [6.07, 6.45) is 2.10. The van der Waals surface area contributed by atoms with E-state index in [2.05, 4.69) is 10.2 Å². The van der Waals surface area contributed by atoms with E-state index in [4.69, 9.17) is 9.84 Å². The van der Waals surface area contributed by atoms with Crippen LogP contribution in [0.15, 0.2) is 48.5 Å². The standard InChI is InChI=1S/C24H25FN4O2/c1-28-13-20-22(14-28)27-29(24(20)19-7-2-3-8-21(19)25)12-16-5-4-6-18(11-16)31-15-23(30)26-17-9-10-17/h2-8,11,17H,9-10,12-15H2,1H3,(H,26,30). The first-order valence-corrected chi connectivity index (χ1v) is 10.6. The molecule has 1 aliphatic heterocycles. The number of rotatable bonds is 7. The number of carbonyl (C=O) groups is 1. The fourth-order valence-corrected chi connectivity index (χ4v) is 4.04. The zero-order valence-electron chi connectivity index (χ0n) is 17.5. The van der Waals surface area contributed by atoms with Crippen LogP contribution in [-0.4, -0.2) is 40.3 Å². The van der Waals surface area contributed by atoms with Crippen LogP contribution in [0.2, 0.25) is 0 Å². The highest BCUT2D eigenvalue weighted by molar-refractivity contribution is 5.78. The van der Waals surface area contributed by atoms with Gasteiger partial charge in [0.2, 0.25) is 0 Å². The van der Waals surface area contributed by atoms with E-state index in [1.807, 2.05) is 42.1 Å². The van der Waals surface area contributed by atoms with Crippen molar-refractivity contribution < 1.29 is 13.9 Å². The first-order chi connectivity index (χ1) is 15.1. The molecule has 2 heterocycles. The summed E-state index contributed by atoms with van der Waals surface area (Å²) in [5.74, 6) is 0.289. The lowest BCUT2D eigenvalue weighted by molar-refractivity contribution is -0.123. The number of hydrogen-bond acceptors (Lipinski definition) is 4. The third kappa shape index (κ3) is 4.32. The van der Waals surface area contributed by atoms with Gasteiger partial charge in [-0.3, -0.25) is 14.4 Å². The quantitative estimate of drug-likeness (QED) is 0.637. The number of ether oxygens (including phenoxy) is 1.